The summed E-state index contributed by atoms with van der Waals surface area (Å²) in [4.78, 5) is 11.7. The molecular weight excluding hydrogens is 224 g/mol. The maximum Gasteiger partial charge on any atom is 0.222 e. The molecule has 1 amide bonds. The van der Waals surface area contributed by atoms with Gasteiger partial charge in [-0.1, -0.05) is 38.1 Å². The van der Waals surface area contributed by atoms with Gasteiger partial charge in [0.2, 0.25) is 5.91 Å². The van der Waals surface area contributed by atoms with E-state index in [2.05, 4.69) is 36.5 Å². The van der Waals surface area contributed by atoms with E-state index in [1.165, 1.54) is 5.56 Å². The van der Waals surface area contributed by atoms with Crippen LogP contribution in [-0.4, -0.2) is 11.9 Å². The molecule has 3 heteroatoms. The predicted molar refractivity (Wildman–Crippen MR) is 75.3 cm³/mol. The van der Waals surface area contributed by atoms with Crippen molar-refractivity contribution in [2.24, 2.45) is 5.73 Å². The molecule has 0 spiro atoms. The van der Waals surface area contributed by atoms with Crippen LogP contribution in [0.15, 0.2) is 24.3 Å². The van der Waals surface area contributed by atoms with E-state index in [1.54, 1.807) is 0 Å². The van der Waals surface area contributed by atoms with Crippen molar-refractivity contribution in [2.45, 2.75) is 52.1 Å². The summed E-state index contributed by atoms with van der Waals surface area (Å²) in [6.07, 6.45) is 2.26. The summed E-state index contributed by atoms with van der Waals surface area (Å²) in [5, 5.41) is 2.98. The Balaban J connectivity index is 2.53. The van der Waals surface area contributed by atoms with E-state index < -0.39 is 0 Å². The number of hydrogen-bond donors (Lipinski definition) is 2. The minimum absolute atomic E-state index is 0.0245. The van der Waals surface area contributed by atoms with Crippen LogP contribution in [0.4, 0.5) is 0 Å². The molecule has 0 fully saturated rings. The van der Waals surface area contributed by atoms with Gasteiger partial charge in [-0.15, -0.1) is 0 Å². The van der Waals surface area contributed by atoms with Crippen molar-refractivity contribution in [3.8, 4) is 0 Å². The molecule has 0 saturated carbocycles. The first-order valence-corrected chi connectivity index (χ1v) is 6.70. The van der Waals surface area contributed by atoms with E-state index in [0.29, 0.717) is 6.42 Å². The predicted octanol–water partition coefficient (Wildman–Crippen LogP) is 2.55. The van der Waals surface area contributed by atoms with E-state index in [9.17, 15) is 4.79 Å². The molecule has 0 bridgehead atoms. The van der Waals surface area contributed by atoms with Crippen LogP contribution in [0.3, 0.4) is 0 Å². The average Bonchev–Trinajstić information content (AvgIpc) is 2.38. The van der Waals surface area contributed by atoms with Gasteiger partial charge in [0.15, 0.2) is 0 Å². The number of aryl methyl sites for hydroxylation is 1. The third-order valence-corrected chi connectivity index (χ3v) is 3.24. The Morgan fingerprint density at radius 2 is 1.89 bits per heavy atom. The van der Waals surface area contributed by atoms with Crippen LogP contribution >= 0.6 is 0 Å². The molecule has 0 aliphatic carbocycles. The van der Waals surface area contributed by atoms with Crippen LogP contribution in [0.2, 0.25) is 0 Å². The first-order chi connectivity index (χ1) is 8.56. The van der Waals surface area contributed by atoms with Crippen LogP contribution in [0.25, 0.3) is 0 Å². The van der Waals surface area contributed by atoms with E-state index in [4.69, 9.17) is 5.73 Å². The van der Waals surface area contributed by atoms with Crippen molar-refractivity contribution in [3.63, 3.8) is 0 Å². The fourth-order valence-corrected chi connectivity index (χ4v) is 1.81. The van der Waals surface area contributed by atoms with Crippen molar-refractivity contribution in [2.75, 3.05) is 0 Å². The maximum absolute atomic E-state index is 11.7. The zero-order valence-corrected chi connectivity index (χ0v) is 11.6. The van der Waals surface area contributed by atoms with Crippen molar-refractivity contribution < 1.29 is 4.79 Å². The Kier molecular flexibility index (Phi) is 5.86. The average molecular weight is 248 g/mol. The monoisotopic (exact) mass is 248 g/mol. The van der Waals surface area contributed by atoms with Gasteiger partial charge in [-0.25, -0.2) is 0 Å². The number of benzene rings is 1. The Labute approximate surface area is 110 Å². The number of carbonyl (C=O) groups is 1. The number of rotatable bonds is 6. The smallest absolute Gasteiger partial charge is 0.222 e. The molecule has 0 aliphatic heterocycles. The lowest BCUT2D eigenvalue weighted by molar-refractivity contribution is -0.122. The third-order valence-electron chi connectivity index (χ3n) is 3.24. The summed E-state index contributed by atoms with van der Waals surface area (Å²) in [5.41, 5.74) is 8.21. The van der Waals surface area contributed by atoms with Crippen molar-refractivity contribution in [1.82, 2.24) is 5.32 Å². The van der Waals surface area contributed by atoms with E-state index in [0.717, 1.165) is 18.4 Å². The lowest BCUT2D eigenvalue weighted by Crippen LogP contribution is -2.32. The van der Waals surface area contributed by atoms with Gasteiger partial charge >= 0.3 is 0 Å². The lowest BCUT2D eigenvalue weighted by Gasteiger charge is -2.16. The molecule has 2 atom stereocenters. The molecule has 0 aliphatic rings. The second-order valence-corrected chi connectivity index (χ2v) is 4.76. The zero-order valence-electron chi connectivity index (χ0n) is 11.6. The second kappa shape index (κ2) is 7.17. The van der Waals surface area contributed by atoms with Gasteiger partial charge in [-0.3, -0.25) is 4.79 Å². The summed E-state index contributed by atoms with van der Waals surface area (Å²) < 4.78 is 0. The summed E-state index contributed by atoms with van der Waals surface area (Å²) in [6, 6.07) is 8.35. The van der Waals surface area contributed by atoms with Gasteiger partial charge in [0.25, 0.3) is 0 Å². The van der Waals surface area contributed by atoms with Crippen molar-refractivity contribution >= 4 is 5.91 Å². The highest BCUT2D eigenvalue weighted by Crippen LogP contribution is 2.14. The van der Waals surface area contributed by atoms with Gasteiger partial charge in [0.05, 0.1) is 6.04 Å². The number of nitrogens with one attached hydrogen (secondary N) is 1. The van der Waals surface area contributed by atoms with Crippen LogP contribution < -0.4 is 11.1 Å². The minimum Gasteiger partial charge on any atom is -0.350 e. The Hall–Kier alpha value is -1.35. The standard InChI is InChI=1S/C15H24N2O/c1-4-12-6-8-13(9-7-12)11(3)17-15(18)10-14(16)5-2/h6-9,11,14H,4-5,10,16H2,1-3H3,(H,17,18). The number of amides is 1. The zero-order chi connectivity index (χ0) is 13.5. The van der Waals surface area contributed by atoms with Gasteiger partial charge in [0, 0.05) is 12.5 Å². The fourth-order valence-electron chi connectivity index (χ4n) is 1.81. The first kappa shape index (κ1) is 14.7. The molecule has 1 aromatic rings. The fraction of sp³-hybridized carbons (Fsp3) is 0.533. The van der Waals surface area contributed by atoms with Crippen LogP contribution in [0.5, 0.6) is 0 Å². The summed E-state index contributed by atoms with van der Waals surface area (Å²) in [5.74, 6) is 0.0245. The summed E-state index contributed by atoms with van der Waals surface area (Å²) in [7, 11) is 0. The molecule has 0 heterocycles. The largest absolute Gasteiger partial charge is 0.350 e. The quantitative estimate of drug-likeness (QED) is 0.813. The van der Waals surface area contributed by atoms with Gasteiger partial charge in [-0.05, 0) is 30.9 Å². The van der Waals surface area contributed by atoms with Crippen LogP contribution in [0, 0.1) is 0 Å². The maximum atomic E-state index is 11.7. The van der Waals surface area contributed by atoms with Gasteiger partial charge in [-0.2, -0.15) is 0 Å². The minimum atomic E-state index is -0.0420. The Morgan fingerprint density at radius 3 is 2.39 bits per heavy atom. The molecule has 0 aromatic heterocycles. The molecule has 0 radical (unpaired) electrons. The van der Waals surface area contributed by atoms with E-state index in [-0.39, 0.29) is 18.0 Å². The molecule has 100 valence electrons. The van der Waals surface area contributed by atoms with Gasteiger partial charge < -0.3 is 11.1 Å². The molecule has 0 saturated heterocycles. The van der Waals surface area contributed by atoms with Crippen LogP contribution in [-0.2, 0) is 11.2 Å². The van der Waals surface area contributed by atoms with E-state index >= 15 is 0 Å². The van der Waals surface area contributed by atoms with Gasteiger partial charge in [0.1, 0.15) is 0 Å². The third kappa shape index (κ3) is 4.49. The normalized spacial score (nSPS) is 14.0. The number of carbonyl (C=O) groups excluding carboxylic acids is 1. The summed E-state index contributed by atoms with van der Waals surface area (Å²) in [6.45, 7) is 6.12. The number of hydrogen-bond acceptors (Lipinski definition) is 2. The van der Waals surface area contributed by atoms with E-state index in [1.807, 2.05) is 13.8 Å². The van der Waals surface area contributed by atoms with Crippen LogP contribution in [0.1, 0.15) is 50.8 Å². The topological polar surface area (TPSA) is 55.1 Å². The molecule has 2 unspecified atom stereocenters. The SMILES string of the molecule is CCc1ccc(C(C)NC(=O)CC(N)CC)cc1. The second-order valence-electron chi connectivity index (χ2n) is 4.76. The lowest BCUT2D eigenvalue weighted by atomic mass is 10.0. The molecule has 3 N–H and O–H groups in total. The van der Waals surface area contributed by atoms with Crippen molar-refractivity contribution in [1.29, 1.82) is 0 Å². The molecule has 1 rings (SSSR count). The Morgan fingerprint density at radius 1 is 1.28 bits per heavy atom. The molecule has 3 nitrogen and oxygen atoms in total. The molecular formula is C15H24N2O. The van der Waals surface area contributed by atoms with Crippen molar-refractivity contribution in [3.05, 3.63) is 35.4 Å². The highest BCUT2D eigenvalue weighted by molar-refractivity contribution is 5.77. The molecule has 18 heavy (non-hydrogen) atoms. The highest BCUT2D eigenvalue weighted by atomic mass is 16.1. The first-order valence-electron chi connectivity index (χ1n) is 6.70. The number of nitrogens with two attached hydrogens (primary N) is 1. The summed E-state index contributed by atoms with van der Waals surface area (Å²) >= 11 is 0. The molecule has 1 aromatic carbocycles. The highest BCUT2D eigenvalue weighted by Gasteiger charge is 2.11. The Bertz CT molecular complexity index is 373.